The summed E-state index contributed by atoms with van der Waals surface area (Å²) in [5.74, 6) is 0. The largest absolute Gasteiger partial charge is 0.370 e. The first kappa shape index (κ1) is 16.5. The van der Waals surface area contributed by atoms with E-state index in [4.69, 9.17) is 0 Å². The van der Waals surface area contributed by atoms with E-state index in [1.54, 1.807) is 0 Å². The molecule has 1 rings (SSSR count). The summed E-state index contributed by atoms with van der Waals surface area (Å²) < 4.78 is 1.15. The molecule has 0 saturated carbocycles. The highest BCUT2D eigenvalue weighted by molar-refractivity contribution is 9.10. The number of nitrogens with zero attached hydrogens (tertiary/aromatic N) is 2. The van der Waals surface area contributed by atoms with Gasteiger partial charge < -0.3 is 15.1 Å². The van der Waals surface area contributed by atoms with Crippen LogP contribution in [0, 0.1) is 0 Å². The van der Waals surface area contributed by atoms with Crippen LogP contribution < -0.4 is 10.2 Å². The average Bonchev–Trinajstić information content (AvgIpc) is 2.37. The van der Waals surface area contributed by atoms with Crippen molar-refractivity contribution in [2.75, 3.05) is 45.7 Å². The lowest BCUT2D eigenvalue weighted by atomic mass is 10.1. The fourth-order valence-corrected chi connectivity index (χ4v) is 2.46. The van der Waals surface area contributed by atoms with Gasteiger partial charge in [-0.3, -0.25) is 0 Å². The van der Waals surface area contributed by atoms with Crippen molar-refractivity contribution in [1.82, 2.24) is 10.2 Å². The first-order valence-electron chi connectivity index (χ1n) is 6.91. The van der Waals surface area contributed by atoms with Crippen molar-refractivity contribution in [3.63, 3.8) is 0 Å². The highest BCUT2D eigenvalue weighted by Crippen LogP contribution is 2.25. The van der Waals surface area contributed by atoms with Gasteiger partial charge >= 0.3 is 0 Å². The van der Waals surface area contributed by atoms with Gasteiger partial charge in [-0.1, -0.05) is 28.9 Å². The molecule has 0 aliphatic rings. The molecule has 1 N–H and O–H groups in total. The first-order chi connectivity index (χ1) is 9.08. The molecule has 19 heavy (non-hydrogen) atoms. The van der Waals surface area contributed by atoms with E-state index in [0.29, 0.717) is 0 Å². The van der Waals surface area contributed by atoms with E-state index in [0.717, 1.165) is 30.7 Å². The molecule has 0 atom stereocenters. The van der Waals surface area contributed by atoms with E-state index in [-0.39, 0.29) is 0 Å². The Morgan fingerprint density at radius 2 is 1.89 bits per heavy atom. The highest BCUT2D eigenvalue weighted by Gasteiger charge is 2.11. The summed E-state index contributed by atoms with van der Waals surface area (Å²) in [7, 11) is 6.24. The van der Waals surface area contributed by atoms with Crippen molar-refractivity contribution < 1.29 is 0 Å². The van der Waals surface area contributed by atoms with Crippen molar-refractivity contribution in [3.05, 3.63) is 28.2 Å². The SMILES string of the molecule is CCCN(CCN(C)C)c1cc(Br)ccc1CNC. The lowest BCUT2D eigenvalue weighted by Crippen LogP contribution is -2.33. The molecule has 1 aromatic carbocycles. The fourth-order valence-electron chi connectivity index (χ4n) is 2.11. The summed E-state index contributed by atoms with van der Waals surface area (Å²) in [6, 6.07) is 6.55. The molecule has 0 unspecified atom stereocenters. The third-order valence-electron chi connectivity index (χ3n) is 3.07. The Morgan fingerprint density at radius 1 is 1.16 bits per heavy atom. The van der Waals surface area contributed by atoms with Gasteiger partial charge in [-0.25, -0.2) is 0 Å². The standard InChI is InChI=1S/C15H26BrN3/c1-5-8-19(10-9-18(3)4)15-11-14(16)7-6-13(15)12-17-2/h6-7,11,17H,5,8-10,12H2,1-4H3. The van der Waals surface area contributed by atoms with Gasteiger partial charge in [0.1, 0.15) is 0 Å². The van der Waals surface area contributed by atoms with Gasteiger partial charge in [-0.2, -0.15) is 0 Å². The maximum absolute atomic E-state index is 3.59. The van der Waals surface area contributed by atoms with E-state index in [1.165, 1.54) is 17.7 Å². The molecule has 1 aromatic rings. The second kappa shape index (κ2) is 8.56. The molecule has 0 aliphatic heterocycles. The van der Waals surface area contributed by atoms with Crippen LogP contribution in [0.1, 0.15) is 18.9 Å². The number of likely N-dealkylation sites (N-methyl/N-ethyl adjacent to an activating group) is 1. The van der Waals surface area contributed by atoms with Gasteiger partial charge in [0.2, 0.25) is 0 Å². The molecular formula is C15H26BrN3. The quantitative estimate of drug-likeness (QED) is 0.792. The van der Waals surface area contributed by atoms with E-state index >= 15 is 0 Å². The second-order valence-electron chi connectivity index (χ2n) is 5.09. The molecule has 0 fully saturated rings. The third kappa shape index (κ3) is 5.51. The monoisotopic (exact) mass is 327 g/mol. The molecule has 0 saturated heterocycles. The molecule has 0 aliphatic carbocycles. The van der Waals surface area contributed by atoms with Gasteiger partial charge in [0.05, 0.1) is 0 Å². The number of nitrogens with one attached hydrogen (secondary N) is 1. The minimum atomic E-state index is 0.908. The molecule has 0 radical (unpaired) electrons. The zero-order chi connectivity index (χ0) is 14.3. The summed E-state index contributed by atoms with van der Waals surface area (Å²) >= 11 is 3.59. The van der Waals surface area contributed by atoms with E-state index in [9.17, 15) is 0 Å². The zero-order valence-electron chi connectivity index (χ0n) is 12.5. The minimum Gasteiger partial charge on any atom is -0.370 e. The smallest absolute Gasteiger partial charge is 0.0423 e. The van der Waals surface area contributed by atoms with Crippen LogP contribution in [0.15, 0.2) is 22.7 Å². The van der Waals surface area contributed by atoms with Crippen LogP contribution in [-0.4, -0.2) is 45.7 Å². The number of hydrogen-bond acceptors (Lipinski definition) is 3. The maximum Gasteiger partial charge on any atom is 0.0423 e. The van der Waals surface area contributed by atoms with Crippen molar-refractivity contribution >= 4 is 21.6 Å². The van der Waals surface area contributed by atoms with E-state index in [2.05, 4.69) is 70.3 Å². The molecular weight excluding hydrogens is 302 g/mol. The van der Waals surface area contributed by atoms with E-state index in [1.807, 2.05) is 7.05 Å². The van der Waals surface area contributed by atoms with Gasteiger partial charge in [-0.05, 0) is 45.3 Å². The lowest BCUT2D eigenvalue weighted by Gasteiger charge is -2.28. The van der Waals surface area contributed by atoms with Crippen LogP contribution >= 0.6 is 15.9 Å². The number of anilines is 1. The Kier molecular flexibility index (Phi) is 7.42. The maximum atomic E-state index is 3.59. The third-order valence-corrected chi connectivity index (χ3v) is 3.56. The minimum absolute atomic E-state index is 0.908. The van der Waals surface area contributed by atoms with Crippen LogP contribution in [0.5, 0.6) is 0 Å². The number of benzene rings is 1. The van der Waals surface area contributed by atoms with E-state index < -0.39 is 0 Å². The number of hydrogen-bond donors (Lipinski definition) is 1. The highest BCUT2D eigenvalue weighted by atomic mass is 79.9. The Hall–Kier alpha value is -0.580. The molecule has 3 nitrogen and oxygen atoms in total. The van der Waals surface area contributed by atoms with Crippen molar-refractivity contribution in [2.45, 2.75) is 19.9 Å². The van der Waals surface area contributed by atoms with Gasteiger partial charge in [-0.15, -0.1) is 0 Å². The van der Waals surface area contributed by atoms with Crippen LogP contribution in [0.25, 0.3) is 0 Å². The van der Waals surface area contributed by atoms with Gasteiger partial charge in [0.25, 0.3) is 0 Å². The summed E-state index contributed by atoms with van der Waals surface area (Å²) in [4.78, 5) is 4.72. The molecule has 0 heterocycles. The van der Waals surface area contributed by atoms with Crippen molar-refractivity contribution in [3.8, 4) is 0 Å². The van der Waals surface area contributed by atoms with Crippen LogP contribution in [0.2, 0.25) is 0 Å². The van der Waals surface area contributed by atoms with Crippen LogP contribution in [0.3, 0.4) is 0 Å². The Labute approximate surface area is 126 Å². The lowest BCUT2D eigenvalue weighted by molar-refractivity contribution is 0.412. The normalized spacial score (nSPS) is 11.1. The number of rotatable bonds is 8. The molecule has 0 aromatic heterocycles. The fraction of sp³-hybridized carbons (Fsp3) is 0.600. The molecule has 0 spiro atoms. The molecule has 0 amide bonds. The first-order valence-corrected chi connectivity index (χ1v) is 7.70. The summed E-state index contributed by atoms with van der Waals surface area (Å²) in [5, 5.41) is 3.25. The predicted octanol–water partition coefficient (Wildman–Crippen LogP) is 2.95. The van der Waals surface area contributed by atoms with Gasteiger partial charge in [0, 0.05) is 36.3 Å². The second-order valence-corrected chi connectivity index (χ2v) is 6.01. The summed E-state index contributed by atoms with van der Waals surface area (Å²) in [5.41, 5.74) is 2.70. The number of halogens is 1. The Bertz CT molecular complexity index is 380. The zero-order valence-corrected chi connectivity index (χ0v) is 14.1. The van der Waals surface area contributed by atoms with Crippen LogP contribution in [-0.2, 0) is 6.54 Å². The Morgan fingerprint density at radius 3 is 2.47 bits per heavy atom. The molecule has 108 valence electrons. The van der Waals surface area contributed by atoms with Crippen LogP contribution in [0.4, 0.5) is 5.69 Å². The molecule has 4 heteroatoms. The predicted molar refractivity (Wildman–Crippen MR) is 88.0 cm³/mol. The van der Waals surface area contributed by atoms with Crippen molar-refractivity contribution in [1.29, 1.82) is 0 Å². The summed E-state index contributed by atoms with van der Waals surface area (Å²) in [6.07, 6.45) is 1.17. The average molecular weight is 328 g/mol. The topological polar surface area (TPSA) is 18.5 Å². The Balaban J connectivity index is 2.94. The van der Waals surface area contributed by atoms with Crippen molar-refractivity contribution in [2.24, 2.45) is 0 Å². The summed E-state index contributed by atoms with van der Waals surface area (Å²) in [6.45, 7) is 6.38. The molecule has 0 bridgehead atoms. The van der Waals surface area contributed by atoms with Gasteiger partial charge in [0.15, 0.2) is 0 Å².